The fourth-order valence-corrected chi connectivity index (χ4v) is 1.71. The number of hydrogen-bond donors (Lipinski definition) is 1. The van der Waals surface area contributed by atoms with E-state index in [-0.39, 0.29) is 6.10 Å². The van der Waals surface area contributed by atoms with Crippen molar-refractivity contribution in [1.82, 2.24) is 0 Å². The lowest BCUT2D eigenvalue weighted by Crippen LogP contribution is -2.24. The summed E-state index contributed by atoms with van der Waals surface area (Å²) in [6.45, 7) is 8.29. The highest BCUT2D eigenvalue weighted by Crippen LogP contribution is 2.31. The van der Waals surface area contributed by atoms with E-state index in [0.29, 0.717) is 11.8 Å². The molecule has 0 spiro atoms. The van der Waals surface area contributed by atoms with E-state index in [4.69, 9.17) is 0 Å². The zero-order chi connectivity index (χ0) is 8.43. The fourth-order valence-electron chi connectivity index (χ4n) is 1.71. The third kappa shape index (κ3) is 2.06. The molecule has 0 bridgehead atoms. The molecule has 0 radical (unpaired) electrons. The Balaban J connectivity index is 2.46. The lowest BCUT2D eigenvalue weighted by molar-refractivity contribution is 0.130. The van der Waals surface area contributed by atoms with E-state index in [0.717, 1.165) is 18.4 Å². The lowest BCUT2D eigenvalue weighted by Gasteiger charge is -2.30. The van der Waals surface area contributed by atoms with E-state index in [1.807, 2.05) is 0 Å². The first-order valence-electron chi connectivity index (χ1n) is 4.47. The van der Waals surface area contributed by atoms with Gasteiger partial charge in [0.2, 0.25) is 0 Å². The second kappa shape index (κ2) is 3.40. The van der Waals surface area contributed by atoms with E-state index in [1.165, 1.54) is 6.42 Å². The Bertz CT molecular complexity index is 149. The zero-order valence-corrected chi connectivity index (χ0v) is 7.51. The average Bonchev–Trinajstić information content (AvgIpc) is 1.94. The molecule has 0 aromatic heterocycles. The second-order valence-electron chi connectivity index (χ2n) is 3.95. The van der Waals surface area contributed by atoms with Crippen LogP contribution in [0.2, 0.25) is 0 Å². The monoisotopic (exact) mass is 154 g/mol. The highest BCUT2D eigenvalue weighted by molar-refractivity contribution is 5.05. The van der Waals surface area contributed by atoms with E-state index in [2.05, 4.69) is 20.4 Å². The molecular formula is C10H18O. The third-order valence-electron chi connectivity index (χ3n) is 2.78. The number of aliphatic hydroxyl groups excluding tert-OH is 1. The van der Waals surface area contributed by atoms with Crippen molar-refractivity contribution >= 4 is 0 Å². The van der Waals surface area contributed by atoms with Gasteiger partial charge in [-0.3, -0.25) is 0 Å². The van der Waals surface area contributed by atoms with Crippen LogP contribution in [0.25, 0.3) is 0 Å². The van der Waals surface area contributed by atoms with Crippen molar-refractivity contribution in [1.29, 1.82) is 0 Å². The molecular weight excluding hydrogens is 136 g/mol. The van der Waals surface area contributed by atoms with Gasteiger partial charge in [0.05, 0.1) is 6.10 Å². The summed E-state index contributed by atoms with van der Waals surface area (Å²) in [6.07, 6.45) is 2.93. The van der Waals surface area contributed by atoms with Crippen LogP contribution in [-0.2, 0) is 0 Å². The topological polar surface area (TPSA) is 20.2 Å². The summed E-state index contributed by atoms with van der Waals surface area (Å²) in [5.41, 5.74) is 1.03. The van der Waals surface area contributed by atoms with Gasteiger partial charge in [0.25, 0.3) is 0 Å². The molecule has 0 amide bonds. The smallest absolute Gasteiger partial charge is 0.0750 e. The number of hydrogen-bond acceptors (Lipinski definition) is 1. The molecule has 11 heavy (non-hydrogen) atoms. The molecule has 1 nitrogen and oxygen atoms in total. The zero-order valence-electron chi connectivity index (χ0n) is 7.51. The predicted octanol–water partition coefficient (Wildman–Crippen LogP) is 2.36. The molecule has 1 N–H and O–H groups in total. The highest BCUT2D eigenvalue weighted by atomic mass is 16.3. The minimum atomic E-state index is -0.226. The summed E-state index contributed by atoms with van der Waals surface area (Å²) in [5.74, 6) is 1.41. The second-order valence-corrected chi connectivity index (χ2v) is 3.95. The Kier molecular flexibility index (Phi) is 2.72. The number of rotatable bonds is 1. The molecule has 2 atom stereocenters. The van der Waals surface area contributed by atoms with Crippen LogP contribution in [0.4, 0.5) is 0 Å². The third-order valence-corrected chi connectivity index (χ3v) is 2.78. The molecule has 1 rings (SSSR count). The molecule has 1 fully saturated rings. The predicted molar refractivity (Wildman–Crippen MR) is 47.3 cm³/mol. The van der Waals surface area contributed by atoms with Crippen LogP contribution in [0.5, 0.6) is 0 Å². The van der Waals surface area contributed by atoms with Crippen molar-refractivity contribution in [3.8, 4) is 0 Å². The van der Waals surface area contributed by atoms with Gasteiger partial charge in [-0.15, -0.1) is 0 Å². The summed E-state index contributed by atoms with van der Waals surface area (Å²) < 4.78 is 0. The fraction of sp³-hybridized carbons (Fsp3) is 0.800. The molecule has 64 valence electrons. The van der Waals surface area contributed by atoms with Crippen molar-refractivity contribution < 1.29 is 5.11 Å². The van der Waals surface area contributed by atoms with Gasteiger partial charge in [-0.25, -0.2) is 0 Å². The minimum absolute atomic E-state index is 0.226. The van der Waals surface area contributed by atoms with Crippen molar-refractivity contribution in [2.75, 3.05) is 0 Å². The van der Waals surface area contributed by atoms with Gasteiger partial charge in [-0.05, 0) is 36.7 Å². The first-order valence-corrected chi connectivity index (χ1v) is 4.47. The van der Waals surface area contributed by atoms with E-state index in [1.54, 1.807) is 0 Å². The molecule has 0 heterocycles. The van der Waals surface area contributed by atoms with Crippen LogP contribution in [0.3, 0.4) is 0 Å². The molecule has 0 aromatic rings. The maximum atomic E-state index is 9.50. The van der Waals surface area contributed by atoms with Gasteiger partial charge in [-0.1, -0.05) is 20.4 Å². The molecule has 1 saturated carbocycles. The van der Waals surface area contributed by atoms with Gasteiger partial charge in [0, 0.05) is 0 Å². The molecule has 0 aliphatic heterocycles. The van der Waals surface area contributed by atoms with E-state index in [9.17, 15) is 5.11 Å². The van der Waals surface area contributed by atoms with Crippen LogP contribution in [0.15, 0.2) is 12.2 Å². The summed E-state index contributed by atoms with van der Waals surface area (Å²) in [6, 6.07) is 0. The first kappa shape index (κ1) is 8.79. The molecule has 1 heteroatoms. The number of aliphatic hydroxyl groups is 1. The molecule has 1 aliphatic carbocycles. The van der Waals surface area contributed by atoms with Gasteiger partial charge in [0.1, 0.15) is 0 Å². The van der Waals surface area contributed by atoms with E-state index >= 15 is 0 Å². The van der Waals surface area contributed by atoms with Gasteiger partial charge < -0.3 is 5.11 Å². The van der Waals surface area contributed by atoms with E-state index < -0.39 is 0 Å². The maximum Gasteiger partial charge on any atom is 0.0750 e. The van der Waals surface area contributed by atoms with Gasteiger partial charge in [0.15, 0.2) is 0 Å². The Morgan fingerprint density at radius 2 is 2.18 bits per heavy atom. The summed E-state index contributed by atoms with van der Waals surface area (Å²) in [7, 11) is 0. The van der Waals surface area contributed by atoms with Crippen LogP contribution in [-0.4, -0.2) is 11.2 Å². The van der Waals surface area contributed by atoms with Crippen molar-refractivity contribution in [3.05, 3.63) is 12.2 Å². The largest absolute Gasteiger partial charge is 0.389 e. The molecule has 1 aliphatic rings. The SMILES string of the molecule is C=C1CC[C@@H](C(C)C)C[C@@H]1O. The summed E-state index contributed by atoms with van der Waals surface area (Å²) >= 11 is 0. The standard InChI is InChI=1S/C10H18O/c1-7(2)9-5-4-8(3)10(11)6-9/h7,9-11H,3-6H2,1-2H3/t9-,10+/m1/s1. The maximum absolute atomic E-state index is 9.50. The van der Waals surface area contributed by atoms with Crippen LogP contribution < -0.4 is 0 Å². The average molecular weight is 154 g/mol. The van der Waals surface area contributed by atoms with Gasteiger partial charge in [-0.2, -0.15) is 0 Å². The Hall–Kier alpha value is -0.300. The highest BCUT2D eigenvalue weighted by Gasteiger charge is 2.24. The van der Waals surface area contributed by atoms with Gasteiger partial charge >= 0.3 is 0 Å². The van der Waals surface area contributed by atoms with Crippen molar-refractivity contribution in [2.24, 2.45) is 11.8 Å². The Morgan fingerprint density at radius 1 is 1.55 bits per heavy atom. The molecule has 0 saturated heterocycles. The van der Waals surface area contributed by atoms with Crippen LogP contribution in [0.1, 0.15) is 33.1 Å². The molecule has 0 aromatic carbocycles. The minimum Gasteiger partial charge on any atom is -0.389 e. The Labute approximate surface area is 69.1 Å². The van der Waals surface area contributed by atoms with Crippen LogP contribution in [0, 0.1) is 11.8 Å². The first-order chi connectivity index (χ1) is 5.11. The van der Waals surface area contributed by atoms with Crippen molar-refractivity contribution in [3.63, 3.8) is 0 Å². The normalized spacial score (nSPS) is 32.9. The summed E-state index contributed by atoms with van der Waals surface area (Å²) in [4.78, 5) is 0. The summed E-state index contributed by atoms with van der Waals surface area (Å²) in [5, 5.41) is 9.50. The van der Waals surface area contributed by atoms with Crippen LogP contribution >= 0.6 is 0 Å². The Morgan fingerprint density at radius 3 is 2.64 bits per heavy atom. The lowest BCUT2D eigenvalue weighted by atomic mass is 9.78. The molecule has 0 unspecified atom stereocenters. The van der Waals surface area contributed by atoms with Crippen molar-refractivity contribution in [2.45, 2.75) is 39.2 Å². The quantitative estimate of drug-likeness (QED) is 0.575.